The molecule has 132 valence electrons. The molecule has 26 heavy (non-hydrogen) atoms. The normalized spacial score (nSPS) is 13.5. The molecule has 8 heteroatoms. The second kappa shape index (κ2) is 6.72. The average molecular weight is 368 g/mol. The predicted molar refractivity (Wildman–Crippen MR) is 97.3 cm³/mol. The molecular weight excluding hydrogens is 352 g/mol. The number of carbonyl (C=O) groups is 3. The van der Waals surface area contributed by atoms with Crippen LogP contribution in [0.4, 0.5) is 0 Å². The van der Waals surface area contributed by atoms with Crippen LogP contribution in [0.1, 0.15) is 30.5 Å². The van der Waals surface area contributed by atoms with E-state index in [4.69, 9.17) is 0 Å². The maximum atomic E-state index is 12.4. The highest BCUT2D eigenvalue weighted by Crippen LogP contribution is 2.27. The van der Waals surface area contributed by atoms with E-state index < -0.39 is 0 Å². The van der Waals surface area contributed by atoms with E-state index in [-0.39, 0.29) is 18.4 Å². The van der Waals surface area contributed by atoms with Gasteiger partial charge in [-0.25, -0.2) is 0 Å². The SMILES string of the molecule is O=Cc1cc2c(s1)CCN(C(=O)CNC(=O)c1ccc3[nH]ncc3c1)C2. The van der Waals surface area contributed by atoms with Crippen LogP contribution in [0.2, 0.25) is 0 Å². The molecule has 3 heterocycles. The highest BCUT2D eigenvalue weighted by atomic mass is 32.1. The van der Waals surface area contributed by atoms with Crippen molar-refractivity contribution in [3.63, 3.8) is 0 Å². The van der Waals surface area contributed by atoms with Gasteiger partial charge in [-0.3, -0.25) is 19.5 Å². The van der Waals surface area contributed by atoms with Crippen LogP contribution in [-0.2, 0) is 17.8 Å². The summed E-state index contributed by atoms with van der Waals surface area (Å²) >= 11 is 1.48. The van der Waals surface area contributed by atoms with Crippen molar-refractivity contribution >= 4 is 40.3 Å². The zero-order valence-corrected chi connectivity index (χ0v) is 14.6. The number of aromatic amines is 1. The monoisotopic (exact) mass is 368 g/mol. The quantitative estimate of drug-likeness (QED) is 0.686. The van der Waals surface area contributed by atoms with Gasteiger partial charge in [0.25, 0.3) is 5.91 Å². The first-order chi connectivity index (χ1) is 12.6. The molecule has 0 atom stereocenters. The molecule has 4 rings (SSSR count). The Hall–Kier alpha value is -3.00. The molecule has 7 nitrogen and oxygen atoms in total. The minimum Gasteiger partial charge on any atom is -0.343 e. The summed E-state index contributed by atoms with van der Waals surface area (Å²) in [6, 6.07) is 7.05. The number of benzene rings is 1. The lowest BCUT2D eigenvalue weighted by molar-refractivity contribution is -0.131. The first kappa shape index (κ1) is 16.5. The minimum atomic E-state index is -0.294. The Morgan fingerprint density at radius 2 is 2.23 bits per heavy atom. The van der Waals surface area contributed by atoms with E-state index in [1.165, 1.54) is 11.3 Å². The molecule has 2 N–H and O–H groups in total. The van der Waals surface area contributed by atoms with Gasteiger partial charge in [0.05, 0.1) is 23.1 Å². The molecule has 0 unspecified atom stereocenters. The Morgan fingerprint density at radius 3 is 3.08 bits per heavy atom. The molecule has 2 amide bonds. The van der Waals surface area contributed by atoms with Gasteiger partial charge >= 0.3 is 0 Å². The van der Waals surface area contributed by atoms with Gasteiger partial charge < -0.3 is 10.2 Å². The fourth-order valence-electron chi connectivity index (χ4n) is 3.08. The van der Waals surface area contributed by atoms with Gasteiger partial charge in [0.1, 0.15) is 0 Å². The molecule has 0 aliphatic carbocycles. The summed E-state index contributed by atoms with van der Waals surface area (Å²) < 4.78 is 0. The molecular formula is C18H16N4O3S. The summed E-state index contributed by atoms with van der Waals surface area (Å²) in [5.41, 5.74) is 2.36. The van der Waals surface area contributed by atoms with Crippen molar-refractivity contribution in [3.05, 3.63) is 51.3 Å². The van der Waals surface area contributed by atoms with Crippen LogP contribution in [0.5, 0.6) is 0 Å². The van der Waals surface area contributed by atoms with Crippen LogP contribution < -0.4 is 5.32 Å². The molecule has 0 fully saturated rings. The van der Waals surface area contributed by atoms with Gasteiger partial charge in [-0.2, -0.15) is 5.10 Å². The fourth-order valence-corrected chi connectivity index (χ4v) is 4.06. The first-order valence-electron chi connectivity index (χ1n) is 8.20. The molecule has 0 spiro atoms. The standard InChI is InChI=1S/C18H16N4O3S/c23-10-14-6-13-9-22(4-3-16(13)26-14)17(24)8-19-18(25)11-1-2-15-12(5-11)7-20-21-15/h1-2,5-7,10H,3-4,8-9H2,(H,19,25)(H,20,21). The average Bonchev–Trinajstić information content (AvgIpc) is 3.30. The zero-order valence-electron chi connectivity index (χ0n) is 13.8. The van der Waals surface area contributed by atoms with Crippen molar-refractivity contribution < 1.29 is 14.4 Å². The number of thiophene rings is 1. The molecule has 0 saturated carbocycles. The Balaban J connectivity index is 1.37. The lowest BCUT2D eigenvalue weighted by Crippen LogP contribution is -2.42. The van der Waals surface area contributed by atoms with Crippen molar-refractivity contribution in [2.75, 3.05) is 13.1 Å². The number of aromatic nitrogens is 2. The van der Waals surface area contributed by atoms with Crippen molar-refractivity contribution in [2.45, 2.75) is 13.0 Å². The molecule has 1 aliphatic heterocycles. The smallest absolute Gasteiger partial charge is 0.251 e. The Kier molecular flexibility index (Phi) is 4.26. The third-order valence-corrected chi connectivity index (χ3v) is 5.62. The van der Waals surface area contributed by atoms with Crippen LogP contribution in [0.15, 0.2) is 30.5 Å². The van der Waals surface area contributed by atoms with E-state index >= 15 is 0 Å². The van der Waals surface area contributed by atoms with E-state index in [2.05, 4.69) is 15.5 Å². The molecule has 0 radical (unpaired) electrons. The number of aldehydes is 1. The number of carbonyl (C=O) groups excluding carboxylic acids is 3. The minimum absolute atomic E-state index is 0.0533. The van der Waals surface area contributed by atoms with E-state index in [0.29, 0.717) is 23.5 Å². The van der Waals surface area contributed by atoms with Crippen LogP contribution in [-0.4, -0.2) is 46.3 Å². The lowest BCUT2D eigenvalue weighted by Gasteiger charge is -2.27. The lowest BCUT2D eigenvalue weighted by atomic mass is 10.1. The number of amides is 2. The van der Waals surface area contributed by atoms with Crippen molar-refractivity contribution in [1.29, 1.82) is 0 Å². The van der Waals surface area contributed by atoms with Crippen LogP contribution in [0, 0.1) is 0 Å². The summed E-state index contributed by atoms with van der Waals surface area (Å²) in [6.45, 7) is 1.03. The number of rotatable bonds is 4. The van der Waals surface area contributed by atoms with Crippen molar-refractivity contribution in [3.8, 4) is 0 Å². The highest BCUT2D eigenvalue weighted by Gasteiger charge is 2.23. The topological polar surface area (TPSA) is 95.2 Å². The number of fused-ring (bicyclic) bond motifs is 2. The van der Waals surface area contributed by atoms with E-state index in [9.17, 15) is 14.4 Å². The number of hydrogen-bond acceptors (Lipinski definition) is 5. The summed E-state index contributed by atoms with van der Waals surface area (Å²) in [4.78, 5) is 39.2. The van der Waals surface area contributed by atoms with Gasteiger partial charge in [-0.05, 0) is 36.2 Å². The summed E-state index contributed by atoms with van der Waals surface area (Å²) in [5.74, 6) is -0.426. The molecule has 2 aromatic heterocycles. The molecule has 0 bridgehead atoms. The van der Waals surface area contributed by atoms with Gasteiger partial charge in [0, 0.05) is 28.9 Å². The number of nitrogens with one attached hydrogen (secondary N) is 2. The number of nitrogens with zero attached hydrogens (tertiary/aromatic N) is 2. The van der Waals surface area contributed by atoms with E-state index in [1.54, 1.807) is 29.3 Å². The summed E-state index contributed by atoms with van der Waals surface area (Å²) in [5, 5.41) is 10.3. The Morgan fingerprint density at radius 1 is 1.35 bits per heavy atom. The van der Waals surface area contributed by atoms with Crippen LogP contribution in [0.25, 0.3) is 10.9 Å². The van der Waals surface area contributed by atoms with Crippen LogP contribution in [0.3, 0.4) is 0 Å². The summed E-state index contributed by atoms with van der Waals surface area (Å²) in [6.07, 6.45) is 3.23. The molecule has 3 aromatic rings. The molecule has 1 aliphatic rings. The fraction of sp³-hybridized carbons (Fsp3) is 0.222. The second-order valence-corrected chi connectivity index (χ2v) is 7.30. The third-order valence-electron chi connectivity index (χ3n) is 4.46. The maximum Gasteiger partial charge on any atom is 0.251 e. The Labute approximate surface area is 153 Å². The maximum absolute atomic E-state index is 12.4. The third kappa shape index (κ3) is 3.11. The van der Waals surface area contributed by atoms with Gasteiger partial charge in [-0.15, -0.1) is 11.3 Å². The Bertz CT molecular complexity index is 1010. The second-order valence-electron chi connectivity index (χ2n) is 6.14. The highest BCUT2D eigenvalue weighted by molar-refractivity contribution is 7.13. The largest absolute Gasteiger partial charge is 0.343 e. The number of H-pyrrole nitrogens is 1. The predicted octanol–water partition coefficient (Wildman–Crippen LogP) is 1.75. The number of hydrogen-bond donors (Lipinski definition) is 2. The zero-order chi connectivity index (χ0) is 18.1. The van der Waals surface area contributed by atoms with Gasteiger partial charge in [0.15, 0.2) is 6.29 Å². The van der Waals surface area contributed by atoms with Crippen molar-refractivity contribution in [1.82, 2.24) is 20.4 Å². The molecule has 1 aromatic carbocycles. The van der Waals surface area contributed by atoms with Gasteiger partial charge in [-0.1, -0.05) is 0 Å². The van der Waals surface area contributed by atoms with E-state index in [0.717, 1.165) is 34.1 Å². The molecule has 0 saturated heterocycles. The van der Waals surface area contributed by atoms with Crippen molar-refractivity contribution in [2.24, 2.45) is 0 Å². The van der Waals surface area contributed by atoms with E-state index in [1.807, 2.05) is 6.07 Å². The van der Waals surface area contributed by atoms with Crippen LogP contribution >= 0.6 is 11.3 Å². The van der Waals surface area contributed by atoms with Gasteiger partial charge in [0.2, 0.25) is 5.91 Å². The summed E-state index contributed by atoms with van der Waals surface area (Å²) in [7, 11) is 0. The first-order valence-corrected chi connectivity index (χ1v) is 9.01.